The molecule has 0 bridgehead atoms. The summed E-state index contributed by atoms with van der Waals surface area (Å²) in [5.41, 5.74) is 5.26. The maximum Gasteiger partial charge on any atom is 0.407 e. The number of nitrogens with zero attached hydrogens (tertiary/aromatic N) is 2. The molecular weight excluding hydrogens is 478 g/mol. The average Bonchev–Trinajstić information content (AvgIpc) is 3.07. The first-order valence-corrected chi connectivity index (χ1v) is 12.9. The van der Waals surface area contributed by atoms with Gasteiger partial charge in [0.1, 0.15) is 6.61 Å². The summed E-state index contributed by atoms with van der Waals surface area (Å²) >= 11 is 0. The first-order valence-electron chi connectivity index (χ1n) is 12.9. The number of hydrogen-bond acceptors (Lipinski definition) is 5. The highest BCUT2D eigenvalue weighted by molar-refractivity contribution is 6.35. The Bertz CT molecular complexity index is 1370. The molecule has 1 N–H and O–H groups in total. The zero-order valence-electron chi connectivity index (χ0n) is 23.1. The molecule has 0 aliphatic carbocycles. The van der Waals surface area contributed by atoms with E-state index in [1.165, 1.54) is 4.90 Å². The van der Waals surface area contributed by atoms with E-state index in [0.717, 1.165) is 16.8 Å². The Morgan fingerprint density at radius 1 is 0.974 bits per heavy atom. The van der Waals surface area contributed by atoms with E-state index in [4.69, 9.17) is 9.72 Å². The number of amides is 3. The highest BCUT2D eigenvalue weighted by atomic mass is 16.5. The molecule has 2 aromatic carbocycles. The van der Waals surface area contributed by atoms with E-state index in [-0.39, 0.29) is 12.5 Å². The largest absolute Gasteiger partial charge is 0.445 e. The van der Waals surface area contributed by atoms with Gasteiger partial charge >= 0.3 is 6.09 Å². The fraction of sp³-hybridized carbons (Fsp3) is 0.355. The number of pyridine rings is 1. The number of aromatic nitrogens is 1. The molecule has 1 aliphatic heterocycles. The first-order chi connectivity index (χ1) is 17.9. The van der Waals surface area contributed by atoms with E-state index in [2.05, 4.69) is 19.2 Å². The molecule has 0 fully saturated rings. The van der Waals surface area contributed by atoms with E-state index < -0.39 is 23.4 Å². The Morgan fingerprint density at radius 3 is 2.08 bits per heavy atom. The summed E-state index contributed by atoms with van der Waals surface area (Å²) in [4.78, 5) is 45.9. The van der Waals surface area contributed by atoms with Crippen molar-refractivity contribution in [3.05, 3.63) is 82.2 Å². The second-order valence-electron chi connectivity index (χ2n) is 11.3. The van der Waals surface area contributed by atoms with Crippen LogP contribution in [0.15, 0.2) is 48.5 Å². The fourth-order valence-electron chi connectivity index (χ4n) is 4.68. The molecule has 0 unspecified atom stereocenters. The molecule has 7 heteroatoms. The van der Waals surface area contributed by atoms with E-state index in [0.29, 0.717) is 40.1 Å². The molecule has 198 valence electrons. The number of carbonyl (C=O) groups excluding carboxylic acids is 3. The number of anilines is 1. The van der Waals surface area contributed by atoms with Gasteiger partial charge in [-0.3, -0.25) is 14.6 Å². The summed E-state index contributed by atoms with van der Waals surface area (Å²) in [6.45, 7) is 13.6. The number of carbonyl (C=O) groups is 3. The number of ether oxygens (including phenoxy) is 1. The van der Waals surface area contributed by atoms with E-state index in [9.17, 15) is 14.4 Å². The zero-order valence-corrected chi connectivity index (χ0v) is 23.1. The Balaban J connectivity index is 1.94. The molecule has 3 amide bonds. The molecule has 4 rings (SSSR count). The van der Waals surface area contributed by atoms with Crippen LogP contribution in [-0.2, 0) is 17.8 Å². The van der Waals surface area contributed by atoms with Crippen LogP contribution in [0.5, 0.6) is 0 Å². The summed E-state index contributed by atoms with van der Waals surface area (Å²) in [6.07, 6.45) is 0.0903. The lowest BCUT2D eigenvalue weighted by Gasteiger charge is -2.26. The topological polar surface area (TPSA) is 88.6 Å². The van der Waals surface area contributed by atoms with Crippen LogP contribution in [-0.4, -0.2) is 28.4 Å². The standard InChI is InChI=1S/C31H35N3O4/c1-18(2)16-25-24(17-38-30(37)33-31(5,6)7)26(21-14-12-19(3)13-15-21)27(20(4)32-25)34-28(35)22-10-8-9-11-23(22)29(34)36/h8-15,18H,16-17H2,1-7H3,(H,33,37). The number of fused-ring (bicyclic) bond motifs is 1. The molecule has 1 aromatic heterocycles. The van der Waals surface area contributed by atoms with Gasteiger partial charge in [0.05, 0.1) is 22.5 Å². The van der Waals surface area contributed by atoms with E-state index in [1.807, 2.05) is 58.9 Å². The number of alkyl carbamates (subject to hydrolysis) is 1. The predicted octanol–water partition coefficient (Wildman–Crippen LogP) is 6.39. The van der Waals surface area contributed by atoms with Gasteiger partial charge < -0.3 is 10.1 Å². The van der Waals surface area contributed by atoms with Gasteiger partial charge in [-0.05, 0) is 64.7 Å². The van der Waals surface area contributed by atoms with Crippen LogP contribution in [0.2, 0.25) is 0 Å². The number of aryl methyl sites for hydroxylation is 2. The van der Waals surface area contributed by atoms with Crippen molar-refractivity contribution in [2.45, 2.75) is 67.0 Å². The Kier molecular flexibility index (Phi) is 7.40. The van der Waals surface area contributed by atoms with Crippen molar-refractivity contribution < 1.29 is 19.1 Å². The number of imide groups is 1. The molecule has 0 radical (unpaired) electrons. The van der Waals surface area contributed by atoms with Crippen molar-refractivity contribution >= 4 is 23.6 Å². The summed E-state index contributed by atoms with van der Waals surface area (Å²) in [6, 6.07) is 14.7. The highest BCUT2D eigenvalue weighted by Crippen LogP contribution is 2.42. The smallest absolute Gasteiger partial charge is 0.407 e. The van der Waals surface area contributed by atoms with Gasteiger partial charge in [0.25, 0.3) is 11.8 Å². The third-order valence-electron chi connectivity index (χ3n) is 6.32. The minimum absolute atomic E-state index is 0.0589. The van der Waals surface area contributed by atoms with Crippen molar-refractivity contribution in [2.75, 3.05) is 4.90 Å². The predicted molar refractivity (Wildman–Crippen MR) is 148 cm³/mol. The number of rotatable bonds is 6. The van der Waals surface area contributed by atoms with Crippen LogP contribution in [0, 0.1) is 19.8 Å². The monoisotopic (exact) mass is 513 g/mol. The molecule has 38 heavy (non-hydrogen) atoms. The van der Waals surface area contributed by atoms with Gasteiger partial charge in [-0.2, -0.15) is 0 Å². The Morgan fingerprint density at radius 2 is 1.55 bits per heavy atom. The number of hydrogen-bond donors (Lipinski definition) is 1. The molecule has 1 aliphatic rings. The third kappa shape index (κ3) is 5.47. The van der Waals surface area contributed by atoms with Crippen LogP contribution in [0.1, 0.15) is 77.8 Å². The van der Waals surface area contributed by atoms with Gasteiger partial charge in [-0.25, -0.2) is 9.69 Å². The van der Waals surface area contributed by atoms with Crippen molar-refractivity contribution in [3.8, 4) is 11.1 Å². The molecular formula is C31H35N3O4. The van der Waals surface area contributed by atoms with Crippen molar-refractivity contribution in [1.82, 2.24) is 10.3 Å². The maximum absolute atomic E-state index is 13.6. The lowest BCUT2D eigenvalue weighted by Crippen LogP contribution is -2.40. The third-order valence-corrected chi connectivity index (χ3v) is 6.32. The summed E-state index contributed by atoms with van der Waals surface area (Å²) in [7, 11) is 0. The first kappa shape index (κ1) is 27.0. The van der Waals surface area contributed by atoms with Gasteiger partial charge in [0.15, 0.2) is 0 Å². The van der Waals surface area contributed by atoms with Crippen LogP contribution in [0.25, 0.3) is 11.1 Å². The second kappa shape index (κ2) is 10.4. The van der Waals surface area contributed by atoms with Gasteiger partial charge in [-0.15, -0.1) is 0 Å². The number of nitrogens with one attached hydrogen (secondary N) is 1. The van der Waals surface area contributed by atoms with Gasteiger partial charge in [0.2, 0.25) is 0 Å². The Labute approximate surface area is 224 Å². The van der Waals surface area contributed by atoms with Crippen LogP contribution in [0.3, 0.4) is 0 Å². The number of benzene rings is 2. The molecule has 0 saturated heterocycles. The molecule has 0 saturated carbocycles. The normalized spacial score (nSPS) is 13.2. The SMILES string of the molecule is Cc1ccc(-c2c(COC(=O)NC(C)(C)C)c(CC(C)C)nc(C)c2N2C(=O)c3ccccc3C2=O)cc1. The van der Waals surface area contributed by atoms with Crippen molar-refractivity contribution in [2.24, 2.45) is 5.92 Å². The van der Waals surface area contributed by atoms with Crippen molar-refractivity contribution in [1.29, 1.82) is 0 Å². The van der Waals surface area contributed by atoms with E-state index >= 15 is 0 Å². The van der Waals surface area contributed by atoms with Crippen molar-refractivity contribution in [3.63, 3.8) is 0 Å². The Hall–Kier alpha value is -4.00. The quantitative estimate of drug-likeness (QED) is 0.386. The average molecular weight is 514 g/mol. The summed E-state index contributed by atoms with van der Waals surface area (Å²) in [5, 5.41) is 2.82. The molecule has 0 spiro atoms. The van der Waals surface area contributed by atoms with E-state index in [1.54, 1.807) is 24.3 Å². The van der Waals surface area contributed by atoms with Gasteiger partial charge in [0, 0.05) is 22.4 Å². The zero-order chi connectivity index (χ0) is 27.8. The fourth-order valence-corrected chi connectivity index (χ4v) is 4.68. The van der Waals surface area contributed by atoms with Crippen LogP contribution < -0.4 is 10.2 Å². The highest BCUT2D eigenvalue weighted by Gasteiger charge is 2.39. The summed E-state index contributed by atoms with van der Waals surface area (Å²) < 4.78 is 5.71. The van der Waals surface area contributed by atoms with Gasteiger partial charge in [-0.1, -0.05) is 55.8 Å². The minimum atomic E-state index is -0.550. The minimum Gasteiger partial charge on any atom is -0.445 e. The maximum atomic E-state index is 13.6. The van der Waals surface area contributed by atoms with Crippen LogP contribution in [0.4, 0.5) is 10.5 Å². The van der Waals surface area contributed by atoms with Crippen LogP contribution >= 0.6 is 0 Å². The lowest BCUT2D eigenvalue weighted by atomic mass is 9.92. The summed E-state index contributed by atoms with van der Waals surface area (Å²) in [5.74, 6) is -0.504. The molecule has 0 atom stereocenters. The molecule has 7 nitrogen and oxygen atoms in total. The second-order valence-corrected chi connectivity index (χ2v) is 11.3. The molecule has 2 heterocycles. The lowest BCUT2D eigenvalue weighted by molar-refractivity contribution is 0.0925. The molecule has 3 aromatic rings.